The Labute approximate surface area is 65.5 Å². The maximum atomic E-state index is 9.83. The minimum Gasteiger partial charge on any atom is -0.184 e. The van der Waals surface area contributed by atoms with Crippen LogP contribution in [-0.4, -0.2) is 0 Å². The van der Waals surface area contributed by atoms with Crippen LogP contribution < -0.4 is 0 Å². The van der Waals surface area contributed by atoms with Gasteiger partial charge in [0, 0.05) is 0 Å². The first kappa shape index (κ1) is 9.72. The van der Waals surface area contributed by atoms with Crippen LogP contribution in [0.1, 0.15) is 0 Å². The van der Waals surface area contributed by atoms with Crippen molar-refractivity contribution in [1.82, 2.24) is 0 Å². The van der Waals surface area contributed by atoms with Crippen LogP contribution in [0, 0.1) is 6.07 Å². The molecule has 0 saturated heterocycles. The summed E-state index contributed by atoms with van der Waals surface area (Å²) in [5, 5.41) is 0. The molecule has 0 nitrogen and oxygen atoms in total. The van der Waals surface area contributed by atoms with Gasteiger partial charge in [-0.1, -0.05) is 0 Å². The van der Waals surface area contributed by atoms with Gasteiger partial charge >= 0.3 is 28.8 Å². The summed E-state index contributed by atoms with van der Waals surface area (Å²) in [7, 11) is 0. The summed E-state index contributed by atoms with van der Waals surface area (Å²) in [5.74, 6) is 0. The van der Waals surface area contributed by atoms with Crippen LogP contribution in [-0.2, 0) is 19.5 Å². The Kier molecular flexibility index (Phi) is 6.65. The van der Waals surface area contributed by atoms with Crippen LogP contribution in [0.2, 0.25) is 0 Å². The van der Waals surface area contributed by atoms with Crippen LogP contribution in [0.3, 0.4) is 0 Å². The first-order chi connectivity index (χ1) is 4.73. The summed E-state index contributed by atoms with van der Waals surface area (Å²) in [6.45, 7) is 0. The van der Waals surface area contributed by atoms with Gasteiger partial charge < -0.3 is 0 Å². The van der Waals surface area contributed by atoms with Crippen LogP contribution in [0.5, 0.6) is 0 Å². The molecule has 0 amide bonds. The van der Waals surface area contributed by atoms with E-state index >= 15 is 0 Å². The van der Waals surface area contributed by atoms with Gasteiger partial charge in [-0.2, -0.15) is 36.4 Å². The van der Waals surface area contributed by atoms with E-state index in [1.165, 1.54) is 0 Å². The Bertz CT molecular complexity index is 113. The maximum absolute atomic E-state index is 9.83. The van der Waals surface area contributed by atoms with Crippen molar-refractivity contribution >= 4 is 0 Å². The first-order valence-corrected chi connectivity index (χ1v) is 4.25. The van der Waals surface area contributed by atoms with E-state index in [0.717, 1.165) is 0 Å². The van der Waals surface area contributed by atoms with Crippen LogP contribution in [0.25, 0.3) is 0 Å². The molecule has 0 aliphatic carbocycles. The third kappa shape index (κ3) is 10.7. The van der Waals surface area contributed by atoms with E-state index in [9.17, 15) is 9.28 Å². The third-order valence-electron chi connectivity index (χ3n) is 0.607. The second-order valence-electron chi connectivity index (χ2n) is 1.29. The Morgan fingerprint density at radius 2 is 1.30 bits per heavy atom. The van der Waals surface area contributed by atoms with E-state index in [1.54, 1.807) is 0 Å². The zero-order valence-corrected chi connectivity index (χ0v) is 6.58. The number of hydrogen-bond donors (Lipinski definition) is 0. The molecule has 0 unspecified atom stereocenters. The molecule has 0 bridgehead atoms. The van der Waals surface area contributed by atoms with Crippen molar-refractivity contribution in [3.63, 3.8) is 0 Å². The fourth-order valence-electron chi connectivity index (χ4n) is 0.342. The summed E-state index contributed by atoms with van der Waals surface area (Å²) < 4.78 is 29.5. The van der Waals surface area contributed by atoms with Gasteiger partial charge in [-0.25, -0.2) is 0 Å². The topological polar surface area (TPSA) is 0 Å². The Balaban J connectivity index is 0.000000180. The fourth-order valence-corrected chi connectivity index (χ4v) is 0.342. The van der Waals surface area contributed by atoms with E-state index in [4.69, 9.17) is 0 Å². The summed E-state index contributed by atoms with van der Waals surface area (Å²) in [5.41, 5.74) is 0. The molecule has 0 heterocycles. The van der Waals surface area contributed by atoms with E-state index in [1.807, 2.05) is 30.3 Å². The van der Waals surface area contributed by atoms with E-state index < -0.39 is 19.5 Å². The van der Waals surface area contributed by atoms with Crippen molar-refractivity contribution < 1.29 is 28.8 Å². The molecule has 0 aliphatic rings. The molecule has 54 valence electrons. The van der Waals surface area contributed by atoms with Crippen LogP contribution >= 0.6 is 0 Å². The van der Waals surface area contributed by atoms with E-state index in [0.29, 0.717) is 0 Å². The third-order valence-corrected chi connectivity index (χ3v) is 0.607. The molecule has 0 fully saturated rings. The van der Waals surface area contributed by atoms with Gasteiger partial charge in [0.2, 0.25) is 0 Å². The summed E-state index contributed by atoms with van der Waals surface area (Å²) >= 11 is -4.83. The molecule has 0 radical (unpaired) electrons. The molecule has 1 aromatic carbocycles. The van der Waals surface area contributed by atoms with Gasteiger partial charge in [0.05, 0.1) is 0 Å². The Hall–Kier alpha value is -0.276. The normalized spacial score (nSPS) is 7.50. The van der Waals surface area contributed by atoms with Crippen molar-refractivity contribution in [3.8, 4) is 0 Å². The van der Waals surface area contributed by atoms with Gasteiger partial charge in [-0.3, -0.25) is 0 Å². The zero-order chi connectivity index (χ0) is 7.82. The maximum Gasteiger partial charge on any atom is -0.171 e. The quantitative estimate of drug-likeness (QED) is 0.427. The predicted molar refractivity (Wildman–Crippen MR) is 28.6 cm³/mol. The second-order valence-corrected chi connectivity index (χ2v) is 1.96. The van der Waals surface area contributed by atoms with Gasteiger partial charge in [0.15, 0.2) is 0 Å². The minimum absolute atomic E-state index is 1.88. The average molecular weight is 182 g/mol. The van der Waals surface area contributed by atoms with Crippen molar-refractivity contribution in [3.05, 3.63) is 36.4 Å². The molecule has 0 N–H and O–H groups in total. The molecule has 4 heteroatoms. The van der Waals surface area contributed by atoms with Crippen molar-refractivity contribution in [1.29, 1.82) is 0 Å². The molecule has 1 rings (SSSR count). The smallest absolute Gasteiger partial charge is 0.171 e. The molecule has 1 aromatic rings. The summed E-state index contributed by atoms with van der Waals surface area (Å²) in [4.78, 5) is 0. The number of halogens is 3. The van der Waals surface area contributed by atoms with Crippen LogP contribution in [0.4, 0.5) is 9.28 Å². The molecular weight excluding hydrogens is 177 g/mol. The Morgan fingerprint density at radius 1 is 0.900 bits per heavy atom. The minimum atomic E-state index is -4.83. The predicted octanol–water partition coefficient (Wildman–Crippen LogP) is 2.74. The zero-order valence-electron chi connectivity index (χ0n) is 5.02. The number of rotatable bonds is 0. The van der Waals surface area contributed by atoms with E-state index in [-0.39, 0.29) is 0 Å². The monoisotopic (exact) mass is 182 g/mol. The average Bonchev–Trinajstić information content (AvgIpc) is 1.90. The standard InChI is InChI=1S/C6H5.3FH.Ti/c1-2-4-6-5-3-1;;;;/h1-5H;3*1H;/q-1;;;;+4/p-3. The molecule has 0 atom stereocenters. The number of benzene rings is 1. The first-order valence-electron chi connectivity index (χ1n) is 2.48. The van der Waals surface area contributed by atoms with Crippen molar-refractivity contribution in [2.24, 2.45) is 0 Å². The SMILES string of the molecule is [F][Ti+]([F])[F].[c-]1ccccc1. The van der Waals surface area contributed by atoms with Crippen LogP contribution in [0.15, 0.2) is 30.3 Å². The largest absolute Gasteiger partial charge is 0.184 e. The summed E-state index contributed by atoms with van der Waals surface area (Å²) in [6, 6.07) is 12.5. The van der Waals surface area contributed by atoms with Gasteiger partial charge in [-0.15, -0.1) is 0 Å². The molecule has 0 spiro atoms. The number of hydrogen-bond acceptors (Lipinski definition) is 0. The molecule has 10 heavy (non-hydrogen) atoms. The van der Waals surface area contributed by atoms with Gasteiger partial charge in [0.25, 0.3) is 0 Å². The molecular formula is C6H5F3Ti. The molecule has 0 saturated carbocycles. The van der Waals surface area contributed by atoms with Gasteiger partial charge in [-0.05, 0) is 0 Å². The fraction of sp³-hybridized carbons (Fsp3) is 0. The Morgan fingerprint density at radius 3 is 1.40 bits per heavy atom. The summed E-state index contributed by atoms with van der Waals surface area (Å²) in [6.07, 6.45) is 0. The second kappa shape index (κ2) is 6.84. The molecule has 0 aromatic heterocycles. The van der Waals surface area contributed by atoms with Crippen molar-refractivity contribution in [2.45, 2.75) is 0 Å². The van der Waals surface area contributed by atoms with E-state index in [2.05, 4.69) is 6.07 Å². The van der Waals surface area contributed by atoms with Crippen molar-refractivity contribution in [2.75, 3.05) is 0 Å². The molecule has 0 aliphatic heterocycles. The van der Waals surface area contributed by atoms with Gasteiger partial charge in [0.1, 0.15) is 0 Å².